The molecule has 0 saturated carbocycles. The number of methoxy groups -OCH3 is 1. The molecule has 0 unspecified atom stereocenters. The van der Waals surface area contributed by atoms with Crippen LogP contribution in [0.25, 0.3) is 27.4 Å². The molecule has 23 heavy (non-hydrogen) atoms. The number of hydrogen-bond acceptors (Lipinski definition) is 7. The molecule has 0 spiro atoms. The van der Waals surface area contributed by atoms with Crippen molar-refractivity contribution in [2.75, 3.05) is 20.3 Å². The van der Waals surface area contributed by atoms with E-state index in [1.54, 1.807) is 30.0 Å². The lowest BCUT2D eigenvalue weighted by molar-refractivity contribution is 0.172. The molecule has 4 heterocycles. The van der Waals surface area contributed by atoms with Crippen molar-refractivity contribution >= 4 is 27.3 Å². The van der Waals surface area contributed by atoms with Crippen molar-refractivity contribution in [1.29, 1.82) is 0 Å². The Labute approximate surface area is 135 Å². The lowest BCUT2D eigenvalue weighted by Crippen LogP contribution is -2.15. The zero-order valence-corrected chi connectivity index (χ0v) is 12.8. The SMILES string of the molecule is [2H]c1cc2c(c3oc(-c4cn5nc(OC)sc5n4)cc13)OCCO2. The summed E-state index contributed by atoms with van der Waals surface area (Å²) in [6.07, 6.45) is 1.76. The van der Waals surface area contributed by atoms with Crippen molar-refractivity contribution in [2.24, 2.45) is 0 Å². The number of imidazole rings is 1. The van der Waals surface area contributed by atoms with E-state index in [0.29, 0.717) is 63.3 Å². The van der Waals surface area contributed by atoms with E-state index in [1.807, 2.05) is 0 Å². The van der Waals surface area contributed by atoms with Crippen LogP contribution in [-0.2, 0) is 0 Å². The van der Waals surface area contributed by atoms with Crippen molar-refractivity contribution in [1.82, 2.24) is 14.6 Å². The number of benzene rings is 1. The van der Waals surface area contributed by atoms with Crippen LogP contribution in [-0.4, -0.2) is 34.9 Å². The second-order valence-electron chi connectivity index (χ2n) is 4.96. The van der Waals surface area contributed by atoms with Gasteiger partial charge in [0.25, 0.3) is 5.19 Å². The van der Waals surface area contributed by atoms with E-state index in [1.165, 1.54) is 11.3 Å². The first-order valence-corrected chi connectivity index (χ1v) is 7.78. The zero-order chi connectivity index (χ0) is 16.3. The Morgan fingerprint density at radius 3 is 3.17 bits per heavy atom. The first kappa shape index (κ1) is 11.8. The lowest BCUT2D eigenvalue weighted by Gasteiger charge is -2.17. The number of rotatable bonds is 2. The van der Waals surface area contributed by atoms with Gasteiger partial charge >= 0.3 is 0 Å². The maximum absolute atomic E-state index is 8.16. The smallest absolute Gasteiger partial charge is 0.294 e. The average Bonchev–Trinajstić information content (AvgIpc) is 3.27. The molecule has 0 radical (unpaired) electrons. The van der Waals surface area contributed by atoms with E-state index in [4.69, 9.17) is 20.0 Å². The first-order valence-electron chi connectivity index (χ1n) is 7.46. The molecule has 1 aliphatic rings. The van der Waals surface area contributed by atoms with Gasteiger partial charge in [-0.1, -0.05) is 0 Å². The van der Waals surface area contributed by atoms with Gasteiger partial charge in [-0.15, -0.1) is 5.10 Å². The molecule has 3 aromatic heterocycles. The van der Waals surface area contributed by atoms with Crippen molar-refractivity contribution in [3.63, 3.8) is 0 Å². The molecule has 0 atom stereocenters. The maximum Gasteiger partial charge on any atom is 0.294 e. The lowest BCUT2D eigenvalue weighted by atomic mass is 10.2. The second kappa shape index (κ2) is 4.63. The molecule has 0 fully saturated rings. The minimum Gasteiger partial charge on any atom is -0.486 e. The van der Waals surface area contributed by atoms with Crippen molar-refractivity contribution in [3.05, 3.63) is 24.4 Å². The van der Waals surface area contributed by atoms with Crippen LogP contribution >= 0.6 is 11.3 Å². The predicted octanol–water partition coefficient (Wildman–Crippen LogP) is 2.98. The highest BCUT2D eigenvalue weighted by atomic mass is 32.1. The van der Waals surface area contributed by atoms with Crippen molar-refractivity contribution in [3.8, 4) is 28.1 Å². The first-order chi connectivity index (χ1) is 11.7. The number of hydrogen-bond donors (Lipinski definition) is 0. The van der Waals surface area contributed by atoms with Gasteiger partial charge in [-0.3, -0.25) is 0 Å². The van der Waals surface area contributed by atoms with Gasteiger partial charge in [0.1, 0.15) is 18.9 Å². The molecular formula is C15H11N3O4S. The summed E-state index contributed by atoms with van der Waals surface area (Å²) in [4.78, 5) is 5.20. The number of fused-ring (bicyclic) bond motifs is 4. The van der Waals surface area contributed by atoms with E-state index in [-0.39, 0.29) is 0 Å². The van der Waals surface area contributed by atoms with Crippen LogP contribution in [0, 0.1) is 0 Å². The van der Waals surface area contributed by atoms with Gasteiger partial charge < -0.3 is 18.6 Å². The number of nitrogens with zero attached hydrogens (tertiary/aromatic N) is 3. The Kier molecular flexibility index (Phi) is 2.37. The van der Waals surface area contributed by atoms with Crippen LogP contribution < -0.4 is 14.2 Å². The standard InChI is InChI=1S/C15H11N3O4S/c1-19-15-17-18-7-9(16-14(18)23-15)11-6-8-2-3-10-13(12(8)22-11)21-5-4-20-10/h2-3,6-7H,4-5H2,1H3/i2D. The van der Waals surface area contributed by atoms with Crippen LogP contribution in [0.15, 0.2) is 28.8 Å². The molecule has 7 nitrogen and oxygen atoms in total. The molecule has 8 heteroatoms. The molecule has 0 N–H and O–H groups in total. The molecule has 4 aromatic rings. The normalized spacial score (nSPS) is 14.4. The quantitative estimate of drug-likeness (QED) is 0.563. The van der Waals surface area contributed by atoms with E-state index < -0.39 is 0 Å². The van der Waals surface area contributed by atoms with Gasteiger partial charge in [0, 0.05) is 5.39 Å². The van der Waals surface area contributed by atoms with Crippen molar-refractivity contribution < 1.29 is 20.0 Å². The summed E-state index contributed by atoms with van der Waals surface area (Å²) < 4.78 is 32.0. The Hall–Kier alpha value is -2.74. The van der Waals surface area contributed by atoms with E-state index in [2.05, 4.69) is 10.1 Å². The average molecular weight is 330 g/mol. The Bertz CT molecular complexity index is 1050. The molecular weight excluding hydrogens is 318 g/mol. The molecule has 0 saturated heterocycles. The molecule has 0 aliphatic carbocycles. The third kappa shape index (κ3) is 1.88. The summed E-state index contributed by atoms with van der Waals surface area (Å²) in [6.45, 7) is 0.926. The molecule has 0 bridgehead atoms. The predicted molar refractivity (Wildman–Crippen MR) is 83.6 cm³/mol. The highest BCUT2D eigenvalue weighted by Crippen LogP contribution is 2.41. The summed E-state index contributed by atoms with van der Waals surface area (Å²) in [7, 11) is 1.57. The van der Waals surface area contributed by atoms with Crippen LogP contribution in [0.3, 0.4) is 0 Å². The van der Waals surface area contributed by atoms with Gasteiger partial charge in [0.05, 0.1) is 14.7 Å². The topological polar surface area (TPSA) is 71.0 Å². The molecule has 1 aliphatic heterocycles. The van der Waals surface area contributed by atoms with Gasteiger partial charge in [0.2, 0.25) is 10.7 Å². The largest absolute Gasteiger partial charge is 0.486 e. The van der Waals surface area contributed by atoms with E-state index in [9.17, 15) is 0 Å². The highest BCUT2D eigenvalue weighted by molar-refractivity contribution is 7.18. The van der Waals surface area contributed by atoms with E-state index in [0.717, 1.165) is 0 Å². The van der Waals surface area contributed by atoms with Gasteiger partial charge in [-0.2, -0.15) is 0 Å². The van der Waals surface area contributed by atoms with Crippen molar-refractivity contribution in [2.45, 2.75) is 0 Å². The summed E-state index contributed by atoms with van der Waals surface area (Å²) in [6, 6.07) is 3.76. The number of furan rings is 1. The summed E-state index contributed by atoms with van der Waals surface area (Å²) >= 11 is 1.34. The monoisotopic (exact) mass is 330 g/mol. The van der Waals surface area contributed by atoms with Crippen LogP contribution in [0.2, 0.25) is 0 Å². The van der Waals surface area contributed by atoms with Crippen LogP contribution in [0.1, 0.15) is 1.37 Å². The fourth-order valence-electron chi connectivity index (χ4n) is 2.54. The van der Waals surface area contributed by atoms with E-state index >= 15 is 0 Å². The molecule has 5 rings (SSSR count). The Morgan fingerprint density at radius 2 is 2.30 bits per heavy atom. The Morgan fingerprint density at radius 1 is 1.39 bits per heavy atom. The Balaban J connectivity index is 1.68. The van der Waals surface area contributed by atoms with Gasteiger partial charge in [-0.05, 0) is 29.5 Å². The highest BCUT2D eigenvalue weighted by Gasteiger charge is 2.20. The minimum absolute atomic E-state index is 0.324. The molecule has 1 aromatic carbocycles. The van der Waals surface area contributed by atoms with Gasteiger partial charge in [-0.25, -0.2) is 9.50 Å². The zero-order valence-electron chi connectivity index (χ0n) is 13.0. The fraction of sp³-hybridized carbons (Fsp3) is 0.200. The van der Waals surface area contributed by atoms with Gasteiger partial charge in [0.15, 0.2) is 17.1 Å². The third-order valence-corrected chi connectivity index (χ3v) is 4.44. The number of ether oxygens (including phenoxy) is 3. The third-order valence-electron chi connectivity index (χ3n) is 3.56. The molecule has 116 valence electrons. The fourth-order valence-corrected chi connectivity index (χ4v) is 3.24. The minimum atomic E-state index is 0.324. The van der Waals surface area contributed by atoms with Crippen LogP contribution in [0.4, 0.5) is 0 Å². The summed E-state index contributed by atoms with van der Waals surface area (Å²) in [5.74, 6) is 1.63. The summed E-state index contributed by atoms with van der Waals surface area (Å²) in [5, 5.41) is 5.45. The van der Waals surface area contributed by atoms with Crippen LogP contribution in [0.5, 0.6) is 16.7 Å². The second-order valence-corrected chi connectivity index (χ2v) is 5.88. The molecule has 0 amide bonds. The summed E-state index contributed by atoms with van der Waals surface area (Å²) in [5.41, 5.74) is 1.14. The number of aromatic nitrogens is 3. The maximum atomic E-state index is 8.16.